The number of rotatable bonds is 4. The van der Waals surface area contributed by atoms with Gasteiger partial charge in [-0.2, -0.15) is 18.3 Å². The Labute approximate surface area is 143 Å². The quantitative estimate of drug-likeness (QED) is 0.745. The van der Waals surface area contributed by atoms with Crippen LogP contribution in [0.25, 0.3) is 0 Å². The molecule has 1 heterocycles. The number of hydrogen-bond donors (Lipinski definition) is 0. The number of alkyl halides is 3. The molecule has 134 valence electrons. The van der Waals surface area contributed by atoms with Crippen LogP contribution >= 0.6 is 0 Å². The van der Waals surface area contributed by atoms with E-state index in [0.29, 0.717) is 18.4 Å². The first-order chi connectivity index (χ1) is 12.0. The van der Waals surface area contributed by atoms with E-state index in [4.69, 9.17) is 4.74 Å². The van der Waals surface area contributed by atoms with E-state index in [9.17, 15) is 18.0 Å². The lowest BCUT2D eigenvalue weighted by Gasteiger charge is -2.24. The Morgan fingerprint density at radius 1 is 1.16 bits per heavy atom. The van der Waals surface area contributed by atoms with E-state index in [0.717, 1.165) is 30.1 Å². The Morgan fingerprint density at radius 2 is 1.84 bits per heavy atom. The molecule has 2 aromatic rings. The van der Waals surface area contributed by atoms with E-state index in [1.165, 1.54) is 0 Å². The van der Waals surface area contributed by atoms with E-state index in [-0.39, 0.29) is 12.6 Å². The maximum atomic E-state index is 13.6. The lowest BCUT2D eigenvalue weighted by Crippen LogP contribution is -2.23. The molecule has 1 aromatic heterocycles. The van der Waals surface area contributed by atoms with Crippen LogP contribution in [0.1, 0.15) is 59.8 Å². The smallest absolute Gasteiger partial charge is 0.433 e. The summed E-state index contributed by atoms with van der Waals surface area (Å²) in [6.45, 7) is -0.0778. The summed E-state index contributed by atoms with van der Waals surface area (Å²) >= 11 is 0. The molecule has 25 heavy (non-hydrogen) atoms. The maximum Gasteiger partial charge on any atom is 0.433 e. The van der Waals surface area contributed by atoms with E-state index in [1.54, 1.807) is 30.3 Å². The molecule has 1 aromatic carbocycles. The highest BCUT2D eigenvalue weighted by Gasteiger charge is 2.42. The first kappa shape index (κ1) is 17.5. The minimum Gasteiger partial charge on any atom is -0.457 e. The zero-order valence-electron chi connectivity index (χ0n) is 13.6. The van der Waals surface area contributed by atoms with Gasteiger partial charge < -0.3 is 4.74 Å². The number of halogens is 3. The third kappa shape index (κ3) is 4.03. The lowest BCUT2D eigenvalue weighted by molar-refractivity contribution is -0.145. The van der Waals surface area contributed by atoms with Crippen molar-refractivity contribution in [2.24, 2.45) is 0 Å². The van der Waals surface area contributed by atoms with E-state index in [1.807, 2.05) is 0 Å². The molecule has 1 aliphatic carbocycles. The Kier molecular flexibility index (Phi) is 5.11. The highest BCUT2D eigenvalue weighted by Crippen LogP contribution is 2.37. The first-order valence-corrected chi connectivity index (χ1v) is 8.32. The van der Waals surface area contributed by atoms with Gasteiger partial charge in [-0.1, -0.05) is 49.6 Å². The lowest BCUT2D eigenvalue weighted by atomic mass is 9.95. The van der Waals surface area contributed by atoms with Crippen molar-refractivity contribution < 1.29 is 22.7 Å². The van der Waals surface area contributed by atoms with Gasteiger partial charge in [0, 0.05) is 0 Å². The number of carbonyl (C=O) groups is 1. The fraction of sp³-hybridized carbons (Fsp3) is 0.444. The number of carbonyl (C=O) groups excluding carboxylic acids is 1. The van der Waals surface area contributed by atoms with Gasteiger partial charge in [0.25, 0.3) is 0 Å². The van der Waals surface area contributed by atoms with Crippen molar-refractivity contribution in [2.75, 3.05) is 0 Å². The molecule has 0 radical (unpaired) electrons. The number of aromatic nitrogens is 2. The molecule has 0 saturated heterocycles. The second-order valence-electron chi connectivity index (χ2n) is 6.20. The normalized spacial score (nSPS) is 16.0. The van der Waals surface area contributed by atoms with Crippen LogP contribution in [-0.4, -0.2) is 15.7 Å². The number of ether oxygens (including phenoxy) is 1. The zero-order chi connectivity index (χ0) is 17.9. The molecular formula is C18H19F3N2O2. The van der Waals surface area contributed by atoms with Gasteiger partial charge in [0.15, 0.2) is 5.69 Å². The number of nitrogens with zero attached hydrogens (tertiary/aromatic N) is 2. The van der Waals surface area contributed by atoms with Crippen LogP contribution in [0.2, 0.25) is 0 Å². The molecule has 0 atom stereocenters. The van der Waals surface area contributed by atoms with Gasteiger partial charge in [0.1, 0.15) is 12.2 Å². The topological polar surface area (TPSA) is 44.1 Å². The predicted molar refractivity (Wildman–Crippen MR) is 84.9 cm³/mol. The van der Waals surface area contributed by atoms with Crippen LogP contribution in [0, 0.1) is 0 Å². The second-order valence-corrected chi connectivity index (χ2v) is 6.20. The van der Waals surface area contributed by atoms with Crippen molar-refractivity contribution in [2.45, 2.75) is 50.9 Å². The summed E-state index contributed by atoms with van der Waals surface area (Å²) in [4.78, 5) is 12.2. The summed E-state index contributed by atoms with van der Waals surface area (Å²) in [5.41, 5.74) is -0.810. The summed E-state index contributed by atoms with van der Waals surface area (Å²) in [5.74, 6) is -1.00. The third-order valence-electron chi connectivity index (χ3n) is 4.42. The number of esters is 1. The molecule has 7 heteroatoms. The molecule has 3 rings (SSSR count). The molecule has 0 spiro atoms. The van der Waals surface area contributed by atoms with Gasteiger partial charge in [-0.3, -0.25) is 4.68 Å². The number of hydrogen-bond acceptors (Lipinski definition) is 3. The highest BCUT2D eigenvalue weighted by atomic mass is 19.4. The van der Waals surface area contributed by atoms with Crippen molar-refractivity contribution >= 4 is 5.97 Å². The van der Waals surface area contributed by atoms with Gasteiger partial charge in [0.05, 0.1) is 12.2 Å². The van der Waals surface area contributed by atoms with Gasteiger partial charge >= 0.3 is 12.1 Å². The Bertz CT molecular complexity index is 720. The van der Waals surface area contributed by atoms with Crippen LogP contribution in [0.15, 0.2) is 36.5 Å². The van der Waals surface area contributed by atoms with Gasteiger partial charge in [-0.15, -0.1) is 0 Å². The van der Waals surface area contributed by atoms with Crippen molar-refractivity contribution in [1.29, 1.82) is 0 Å². The third-order valence-corrected chi connectivity index (χ3v) is 4.42. The molecule has 1 aliphatic rings. The van der Waals surface area contributed by atoms with E-state index >= 15 is 0 Å². The van der Waals surface area contributed by atoms with Gasteiger partial charge in [-0.25, -0.2) is 4.79 Å². The predicted octanol–water partition coefficient (Wildman–Crippen LogP) is 4.76. The summed E-state index contributed by atoms with van der Waals surface area (Å²) in [5, 5.41) is 3.88. The van der Waals surface area contributed by atoms with Crippen LogP contribution in [0.5, 0.6) is 0 Å². The summed E-state index contributed by atoms with van der Waals surface area (Å²) < 4.78 is 46.7. The van der Waals surface area contributed by atoms with Crippen LogP contribution in [0.4, 0.5) is 13.2 Å². The van der Waals surface area contributed by atoms with Gasteiger partial charge in [-0.05, 0) is 18.4 Å². The molecule has 1 saturated carbocycles. The van der Waals surface area contributed by atoms with Crippen molar-refractivity contribution in [3.63, 3.8) is 0 Å². The standard InChI is InChI=1S/C18H19F3N2O2/c19-18(20,21)16-15(11-22-23(16)14-9-5-2-6-10-14)17(24)25-12-13-7-3-1-4-8-13/h1,3-4,7-8,11,14H,2,5-6,9-10,12H2. The molecule has 0 aliphatic heterocycles. The molecule has 4 nitrogen and oxygen atoms in total. The second kappa shape index (κ2) is 7.29. The van der Waals surface area contributed by atoms with Gasteiger partial charge in [0.2, 0.25) is 0 Å². The number of benzene rings is 1. The summed E-state index contributed by atoms with van der Waals surface area (Å²) in [6.07, 6.45) is 0.364. The van der Waals surface area contributed by atoms with Crippen molar-refractivity contribution in [3.05, 3.63) is 53.3 Å². The summed E-state index contributed by atoms with van der Waals surface area (Å²) in [7, 11) is 0. The molecule has 0 amide bonds. The summed E-state index contributed by atoms with van der Waals surface area (Å²) in [6, 6.07) is 8.51. The fourth-order valence-electron chi connectivity index (χ4n) is 3.20. The fourth-order valence-corrected chi connectivity index (χ4v) is 3.20. The molecular weight excluding hydrogens is 333 g/mol. The SMILES string of the molecule is O=C(OCc1ccccc1)c1cnn(C2CCCCC2)c1C(F)(F)F. The molecule has 1 fully saturated rings. The highest BCUT2D eigenvalue weighted by molar-refractivity contribution is 5.90. The van der Waals surface area contributed by atoms with Crippen LogP contribution in [-0.2, 0) is 17.5 Å². The average molecular weight is 352 g/mol. The molecule has 0 bridgehead atoms. The van der Waals surface area contributed by atoms with E-state index < -0.39 is 23.4 Å². The largest absolute Gasteiger partial charge is 0.457 e. The minimum atomic E-state index is -4.66. The van der Waals surface area contributed by atoms with Crippen molar-refractivity contribution in [1.82, 2.24) is 9.78 Å². The average Bonchev–Trinajstić information content (AvgIpc) is 3.07. The Morgan fingerprint density at radius 3 is 2.48 bits per heavy atom. The Hall–Kier alpha value is -2.31. The van der Waals surface area contributed by atoms with Crippen LogP contribution in [0.3, 0.4) is 0 Å². The zero-order valence-corrected chi connectivity index (χ0v) is 13.6. The minimum absolute atomic E-state index is 0.0778. The van der Waals surface area contributed by atoms with Crippen LogP contribution < -0.4 is 0 Å². The first-order valence-electron chi connectivity index (χ1n) is 8.32. The Balaban J connectivity index is 1.82. The molecule has 0 N–H and O–H groups in total. The van der Waals surface area contributed by atoms with E-state index in [2.05, 4.69) is 5.10 Å². The maximum absolute atomic E-state index is 13.6. The van der Waals surface area contributed by atoms with Crippen molar-refractivity contribution in [3.8, 4) is 0 Å². The monoisotopic (exact) mass is 352 g/mol. The molecule has 0 unspecified atom stereocenters.